The van der Waals surface area contributed by atoms with Crippen molar-refractivity contribution in [3.8, 4) is 0 Å². The van der Waals surface area contributed by atoms with Crippen molar-refractivity contribution in [2.75, 3.05) is 6.61 Å². The highest BCUT2D eigenvalue weighted by Crippen LogP contribution is 2.60. The summed E-state index contributed by atoms with van der Waals surface area (Å²) in [6.45, 7) is 12.1. The fourth-order valence-electron chi connectivity index (χ4n) is 5.20. The lowest BCUT2D eigenvalue weighted by Crippen LogP contribution is -2.56. The van der Waals surface area contributed by atoms with Crippen molar-refractivity contribution in [2.45, 2.75) is 73.0 Å². The maximum atomic E-state index is 12.6. The Hall–Kier alpha value is -2.08. The normalized spacial score (nSPS) is 31.2. The van der Waals surface area contributed by atoms with E-state index in [9.17, 15) is 14.7 Å². The van der Waals surface area contributed by atoms with Gasteiger partial charge in [0.05, 0.1) is 12.4 Å². The average molecular weight is 419 g/mol. The van der Waals surface area contributed by atoms with Crippen LogP contribution in [-0.2, 0) is 25.5 Å². The van der Waals surface area contributed by atoms with Crippen molar-refractivity contribution in [2.24, 2.45) is 23.2 Å². The smallest absolute Gasteiger partial charge is 0.333 e. The van der Waals surface area contributed by atoms with Crippen LogP contribution in [-0.4, -0.2) is 29.8 Å². The second kappa shape index (κ2) is 8.58. The van der Waals surface area contributed by atoms with Crippen LogP contribution in [0.5, 0.6) is 0 Å². The van der Waals surface area contributed by atoms with Crippen molar-refractivity contribution >= 4 is 11.9 Å². The molecule has 0 bridgehead atoms. The standard InChI is InChI=1S/C24H34O6/c1-7-14(4)23(27)30-17-9-8-16-10-18-19(15(5)12-28-18)21(29-11-13(2)3)24(16,6)20(17)22(25)26/h7,12-13,16-17,20-21H,8-11H2,1-6H3,(H,25,26)/b14-7-/t16-,17+,20-,21-,24+/m1/s1. The lowest BCUT2D eigenvalue weighted by atomic mass is 9.53. The Morgan fingerprint density at radius 1 is 1.37 bits per heavy atom. The highest BCUT2D eigenvalue weighted by molar-refractivity contribution is 5.88. The number of hydrogen-bond acceptors (Lipinski definition) is 5. The second-order valence-corrected chi connectivity index (χ2v) is 9.44. The zero-order valence-corrected chi connectivity index (χ0v) is 18.9. The highest BCUT2D eigenvalue weighted by atomic mass is 16.5. The number of rotatable bonds is 6. The van der Waals surface area contributed by atoms with E-state index in [1.807, 2.05) is 13.8 Å². The number of esters is 1. The van der Waals surface area contributed by atoms with Gasteiger partial charge in [-0.3, -0.25) is 4.79 Å². The minimum atomic E-state index is -0.944. The molecule has 6 heteroatoms. The van der Waals surface area contributed by atoms with E-state index < -0.39 is 35.5 Å². The summed E-state index contributed by atoms with van der Waals surface area (Å²) in [5.41, 5.74) is 1.72. The molecular formula is C24H34O6. The van der Waals surface area contributed by atoms with Gasteiger partial charge in [-0.1, -0.05) is 26.8 Å². The van der Waals surface area contributed by atoms with Gasteiger partial charge in [-0.25, -0.2) is 4.79 Å². The number of furan rings is 1. The first-order valence-electron chi connectivity index (χ1n) is 10.9. The Bertz CT molecular complexity index is 835. The third-order valence-corrected chi connectivity index (χ3v) is 6.96. The van der Waals surface area contributed by atoms with Crippen LogP contribution in [0.15, 0.2) is 22.3 Å². The molecule has 0 aromatic carbocycles. The molecule has 5 atom stereocenters. The summed E-state index contributed by atoms with van der Waals surface area (Å²) in [4.78, 5) is 25.0. The number of allylic oxidation sites excluding steroid dienone is 1. The Balaban J connectivity index is 2.05. The lowest BCUT2D eigenvalue weighted by Gasteiger charge is -2.54. The Morgan fingerprint density at radius 3 is 2.67 bits per heavy atom. The van der Waals surface area contributed by atoms with Crippen LogP contribution in [0.3, 0.4) is 0 Å². The fourth-order valence-corrected chi connectivity index (χ4v) is 5.20. The van der Waals surface area contributed by atoms with E-state index in [0.29, 0.717) is 30.9 Å². The fraction of sp³-hybridized carbons (Fsp3) is 0.667. The number of aryl methyl sites for hydroxylation is 1. The Morgan fingerprint density at radius 2 is 2.07 bits per heavy atom. The van der Waals surface area contributed by atoms with Crippen LogP contribution in [0.4, 0.5) is 0 Å². The van der Waals surface area contributed by atoms with Gasteiger partial charge in [-0.15, -0.1) is 0 Å². The van der Waals surface area contributed by atoms with E-state index in [0.717, 1.165) is 23.3 Å². The molecule has 2 aliphatic carbocycles. The monoisotopic (exact) mass is 418 g/mol. The number of fused-ring (bicyclic) bond motifs is 2. The molecule has 6 nitrogen and oxygen atoms in total. The first-order chi connectivity index (χ1) is 14.1. The maximum absolute atomic E-state index is 12.6. The van der Waals surface area contributed by atoms with E-state index in [4.69, 9.17) is 13.9 Å². The summed E-state index contributed by atoms with van der Waals surface area (Å²) in [7, 11) is 0. The lowest BCUT2D eigenvalue weighted by molar-refractivity contribution is -0.195. The molecule has 0 spiro atoms. The molecule has 0 amide bonds. The number of carbonyl (C=O) groups is 2. The molecule has 1 saturated carbocycles. The molecule has 1 aromatic heterocycles. The van der Waals surface area contributed by atoms with Gasteiger partial charge in [0.25, 0.3) is 0 Å². The quantitative estimate of drug-likeness (QED) is 0.525. The number of carbonyl (C=O) groups excluding carboxylic acids is 1. The van der Waals surface area contributed by atoms with Gasteiger partial charge in [0, 0.05) is 29.6 Å². The van der Waals surface area contributed by atoms with Gasteiger partial charge in [0.1, 0.15) is 17.8 Å². The molecule has 166 valence electrons. The van der Waals surface area contributed by atoms with Crippen LogP contribution in [0.2, 0.25) is 0 Å². The van der Waals surface area contributed by atoms with Crippen molar-refractivity contribution in [3.05, 3.63) is 34.8 Å². The Labute approximate surface area is 178 Å². The molecule has 3 rings (SSSR count). The van der Waals surface area contributed by atoms with Gasteiger partial charge >= 0.3 is 11.9 Å². The van der Waals surface area contributed by atoms with Gasteiger partial charge in [0.2, 0.25) is 0 Å². The van der Waals surface area contributed by atoms with Gasteiger partial charge < -0.3 is 19.0 Å². The summed E-state index contributed by atoms with van der Waals surface area (Å²) >= 11 is 0. The summed E-state index contributed by atoms with van der Waals surface area (Å²) in [5.74, 6) is -0.973. The zero-order valence-electron chi connectivity index (χ0n) is 18.9. The van der Waals surface area contributed by atoms with E-state index in [2.05, 4.69) is 13.8 Å². The van der Waals surface area contributed by atoms with E-state index in [1.54, 1.807) is 26.2 Å². The van der Waals surface area contributed by atoms with Gasteiger partial charge in [-0.2, -0.15) is 0 Å². The largest absolute Gasteiger partial charge is 0.481 e. The average Bonchev–Trinajstić information content (AvgIpc) is 3.04. The van der Waals surface area contributed by atoms with Crippen LogP contribution in [0, 0.1) is 30.1 Å². The molecule has 0 saturated heterocycles. The molecule has 30 heavy (non-hydrogen) atoms. The first kappa shape index (κ1) is 22.6. The first-order valence-corrected chi connectivity index (χ1v) is 10.9. The zero-order chi connectivity index (χ0) is 22.2. The van der Waals surface area contributed by atoms with Crippen LogP contribution in [0.1, 0.15) is 70.5 Å². The third-order valence-electron chi connectivity index (χ3n) is 6.96. The highest BCUT2D eigenvalue weighted by Gasteiger charge is 2.61. The molecular weight excluding hydrogens is 384 g/mol. The van der Waals surface area contributed by atoms with Crippen molar-refractivity contribution < 1.29 is 28.6 Å². The predicted octanol–water partition coefficient (Wildman–Crippen LogP) is 4.85. The third kappa shape index (κ3) is 3.82. The molecule has 0 aliphatic heterocycles. The topological polar surface area (TPSA) is 86.0 Å². The summed E-state index contributed by atoms with van der Waals surface area (Å²) in [6, 6.07) is 0. The minimum absolute atomic E-state index is 0.0755. The van der Waals surface area contributed by atoms with E-state index in [-0.39, 0.29) is 5.92 Å². The SMILES string of the molecule is C/C=C(/C)C(=O)O[C@H]1CC[C@@H]2Cc3occ(C)c3[C@@H](OCC(C)C)[C@]2(C)[C@H]1C(=O)O. The minimum Gasteiger partial charge on any atom is -0.481 e. The molecule has 2 aliphatic rings. The van der Waals surface area contributed by atoms with Crippen LogP contribution < -0.4 is 0 Å². The number of hydrogen-bond donors (Lipinski definition) is 1. The maximum Gasteiger partial charge on any atom is 0.333 e. The Kier molecular flexibility index (Phi) is 6.46. The van der Waals surface area contributed by atoms with Crippen LogP contribution in [0.25, 0.3) is 0 Å². The summed E-state index contributed by atoms with van der Waals surface area (Å²) < 4.78 is 18.0. The molecule has 1 heterocycles. The summed E-state index contributed by atoms with van der Waals surface area (Å²) in [6.07, 6.45) is 4.27. The second-order valence-electron chi connectivity index (χ2n) is 9.44. The van der Waals surface area contributed by atoms with Crippen molar-refractivity contribution in [1.29, 1.82) is 0 Å². The predicted molar refractivity (Wildman–Crippen MR) is 112 cm³/mol. The van der Waals surface area contributed by atoms with Crippen molar-refractivity contribution in [1.82, 2.24) is 0 Å². The molecule has 1 N–H and O–H groups in total. The van der Waals surface area contributed by atoms with E-state index >= 15 is 0 Å². The molecule has 1 fully saturated rings. The number of ether oxygens (including phenoxy) is 2. The van der Waals surface area contributed by atoms with Crippen molar-refractivity contribution in [3.63, 3.8) is 0 Å². The molecule has 1 aromatic rings. The number of aliphatic carboxylic acids is 1. The van der Waals surface area contributed by atoms with Crippen LogP contribution >= 0.6 is 0 Å². The molecule has 0 unspecified atom stereocenters. The van der Waals surface area contributed by atoms with Gasteiger partial charge in [0.15, 0.2) is 0 Å². The van der Waals surface area contributed by atoms with Gasteiger partial charge in [-0.05, 0) is 51.0 Å². The summed E-state index contributed by atoms with van der Waals surface area (Å²) in [5, 5.41) is 10.3. The molecule has 0 radical (unpaired) electrons. The number of carboxylic acid groups (broad SMARTS) is 1. The number of carboxylic acids is 1. The van der Waals surface area contributed by atoms with E-state index in [1.165, 1.54) is 0 Å².